The van der Waals surface area contributed by atoms with Gasteiger partial charge in [-0.15, -0.1) is 0 Å². The Kier molecular flexibility index (Phi) is 3.23. The van der Waals surface area contributed by atoms with Gasteiger partial charge in [0, 0.05) is 6.92 Å². The Bertz CT molecular complexity index is 315. The molecule has 0 aromatic heterocycles. The molecule has 0 saturated heterocycles. The molecule has 0 N–H and O–H groups in total. The minimum Gasteiger partial charge on any atom is -0.487 e. The van der Waals surface area contributed by atoms with E-state index in [1.165, 1.54) is 0 Å². The fraction of sp³-hybridized carbons (Fsp3) is 0.273. The van der Waals surface area contributed by atoms with E-state index in [-0.39, 0.29) is 0 Å². The van der Waals surface area contributed by atoms with Crippen molar-refractivity contribution in [2.24, 2.45) is 0 Å². The summed E-state index contributed by atoms with van der Waals surface area (Å²) in [5, 5.41) is 0. The lowest BCUT2D eigenvalue weighted by atomic mass is 10.2. The first kappa shape index (κ1) is 10.7. The molecule has 0 fully saturated rings. The largest absolute Gasteiger partial charge is 0.487 e. The van der Waals surface area contributed by atoms with Crippen LogP contribution in [0.5, 0.6) is 5.75 Å². The van der Waals surface area contributed by atoms with Crippen molar-refractivity contribution in [3.63, 3.8) is 0 Å². The molecule has 0 aliphatic rings. The summed E-state index contributed by atoms with van der Waals surface area (Å²) in [6.07, 6.45) is 1.64. The van der Waals surface area contributed by atoms with Crippen molar-refractivity contribution in [2.45, 2.75) is 12.8 Å². The zero-order chi connectivity index (χ0) is 10.6. The molecule has 1 nitrogen and oxygen atoms in total. The topological polar surface area (TPSA) is 9.23 Å². The van der Waals surface area contributed by atoms with Crippen molar-refractivity contribution in [2.75, 3.05) is 6.61 Å². The predicted octanol–water partition coefficient (Wildman–Crippen LogP) is 3.36. The van der Waals surface area contributed by atoms with Gasteiger partial charge in [0.05, 0.1) is 0 Å². The number of alkyl halides is 2. The number of ether oxygens (including phenoxy) is 1. The maximum Gasteiger partial charge on any atom is 0.278 e. The predicted molar refractivity (Wildman–Crippen MR) is 52.6 cm³/mol. The summed E-state index contributed by atoms with van der Waals surface area (Å²) in [6.45, 7) is 3.80. The van der Waals surface area contributed by atoms with Crippen LogP contribution in [0, 0.1) is 0 Å². The summed E-state index contributed by atoms with van der Waals surface area (Å²) < 4.78 is 29.8. The molecule has 0 radical (unpaired) electrons. The molecule has 0 amide bonds. The van der Waals surface area contributed by atoms with E-state index >= 15 is 0 Å². The van der Waals surface area contributed by atoms with Gasteiger partial charge in [0.25, 0.3) is 5.92 Å². The van der Waals surface area contributed by atoms with E-state index in [1.807, 2.05) is 6.07 Å². The third-order valence-electron chi connectivity index (χ3n) is 1.59. The van der Waals surface area contributed by atoms with Crippen LogP contribution < -0.4 is 4.74 Å². The van der Waals surface area contributed by atoms with Gasteiger partial charge < -0.3 is 4.74 Å². The fourth-order valence-corrected chi connectivity index (χ4v) is 0.941. The summed E-state index contributed by atoms with van der Waals surface area (Å²) in [5.74, 6) is -2.37. The Balaban J connectivity index is 2.63. The number of rotatable bonds is 4. The van der Waals surface area contributed by atoms with Gasteiger partial charge in [-0.2, -0.15) is 0 Å². The highest BCUT2D eigenvalue weighted by Crippen LogP contribution is 2.18. The standard InChI is InChI=1S/C11H12F2O/c1-3-9-5-4-6-10(7-9)14-8-11(2,12)13/h3-7H,1,8H2,2H3. The summed E-state index contributed by atoms with van der Waals surface area (Å²) >= 11 is 0. The molecule has 1 rings (SSSR count). The summed E-state index contributed by atoms with van der Waals surface area (Å²) in [7, 11) is 0. The molecule has 0 aliphatic carbocycles. The Hall–Kier alpha value is -1.38. The van der Waals surface area contributed by atoms with Crippen molar-refractivity contribution in [3.8, 4) is 5.75 Å². The van der Waals surface area contributed by atoms with Gasteiger partial charge in [-0.05, 0) is 17.7 Å². The SMILES string of the molecule is C=Cc1cccc(OCC(C)(F)F)c1. The highest BCUT2D eigenvalue weighted by Gasteiger charge is 2.21. The fourth-order valence-electron chi connectivity index (χ4n) is 0.941. The quantitative estimate of drug-likeness (QED) is 0.720. The number of benzene rings is 1. The van der Waals surface area contributed by atoms with E-state index in [4.69, 9.17) is 4.74 Å². The van der Waals surface area contributed by atoms with Crippen LogP contribution in [0.15, 0.2) is 30.8 Å². The normalized spacial score (nSPS) is 11.1. The lowest BCUT2D eigenvalue weighted by Crippen LogP contribution is -2.20. The molecule has 3 heteroatoms. The maximum absolute atomic E-state index is 12.4. The van der Waals surface area contributed by atoms with Crippen molar-refractivity contribution < 1.29 is 13.5 Å². The summed E-state index contributed by atoms with van der Waals surface area (Å²) in [4.78, 5) is 0. The molecule has 1 aromatic rings. The van der Waals surface area contributed by atoms with E-state index < -0.39 is 12.5 Å². The smallest absolute Gasteiger partial charge is 0.278 e. The monoisotopic (exact) mass is 198 g/mol. The van der Waals surface area contributed by atoms with Crippen LogP contribution >= 0.6 is 0 Å². The van der Waals surface area contributed by atoms with Crippen molar-refractivity contribution >= 4 is 6.08 Å². The second-order valence-corrected chi connectivity index (χ2v) is 3.14. The molecule has 0 spiro atoms. The van der Waals surface area contributed by atoms with Crippen LogP contribution in [0.25, 0.3) is 6.08 Å². The Morgan fingerprint density at radius 1 is 1.50 bits per heavy atom. The molecular formula is C11H12F2O. The molecule has 1 aromatic carbocycles. The van der Waals surface area contributed by atoms with E-state index in [0.717, 1.165) is 12.5 Å². The third kappa shape index (κ3) is 3.56. The van der Waals surface area contributed by atoms with Crippen molar-refractivity contribution in [3.05, 3.63) is 36.4 Å². The van der Waals surface area contributed by atoms with E-state index in [9.17, 15) is 8.78 Å². The van der Waals surface area contributed by atoms with E-state index in [1.54, 1.807) is 24.3 Å². The molecular weight excluding hydrogens is 186 g/mol. The average Bonchev–Trinajstić information content (AvgIpc) is 2.14. The average molecular weight is 198 g/mol. The van der Waals surface area contributed by atoms with Gasteiger partial charge in [-0.1, -0.05) is 24.8 Å². The first-order valence-corrected chi connectivity index (χ1v) is 4.24. The van der Waals surface area contributed by atoms with Crippen LogP contribution in [0.3, 0.4) is 0 Å². The minimum absolute atomic E-state index is 0.434. The van der Waals surface area contributed by atoms with Crippen LogP contribution in [0.1, 0.15) is 12.5 Å². The zero-order valence-electron chi connectivity index (χ0n) is 7.97. The Labute approximate surface area is 82.0 Å². The molecule has 76 valence electrons. The second-order valence-electron chi connectivity index (χ2n) is 3.14. The van der Waals surface area contributed by atoms with Crippen LogP contribution in [-0.4, -0.2) is 12.5 Å². The molecule has 0 heterocycles. The van der Waals surface area contributed by atoms with E-state index in [0.29, 0.717) is 5.75 Å². The molecule has 0 aliphatic heterocycles. The highest BCUT2D eigenvalue weighted by molar-refractivity contribution is 5.49. The first-order chi connectivity index (χ1) is 6.51. The maximum atomic E-state index is 12.4. The molecule has 0 saturated carbocycles. The van der Waals surface area contributed by atoms with Gasteiger partial charge in [-0.3, -0.25) is 0 Å². The van der Waals surface area contributed by atoms with Crippen molar-refractivity contribution in [1.82, 2.24) is 0 Å². The van der Waals surface area contributed by atoms with Gasteiger partial charge in [0.1, 0.15) is 5.75 Å². The summed E-state index contributed by atoms with van der Waals surface area (Å²) in [6, 6.07) is 6.86. The Morgan fingerprint density at radius 3 is 2.79 bits per heavy atom. The van der Waals surface area contributed by atoms with Gasteiger partial charge in [-0.25, -0.2) is 8.78 Å². The second kappa shape index (κ2) is 4.22. The van der Waals surface area contributed by atoms with Crippen LogP contribution in [-0.2, 0) is 0 Å². The lowest BCUT2D eigenvalue weighted by Gasteiger charge is -2.12. The zero-order valence-corrected chi connectivity index (χ0v) is 7.97. The Morgan fingerprint density at radius 2 is 2.21 bits per heavy atom. The van der Waals surface area contributed by atoms with Gasteiger partial charge >= 0.3 is 0 Å². The third-order valence-corrected chi connectivity index (χ3v) is 1.59. The lowest BCUT2D eigenvalue weighted by molar-refractivity contribution is -0.0229. The van der Waals surface area contributed by atoms with Crippen molar-refractivity contribution in [1.29, 1.82) is 0 Å². The van der Waals surface area contributed by atoms with Gasteiger partial charge in [0.2, 0.25) is 0 Å². The van der Waals surface area contributed by atoms with Crippen LogP contribution in [0.2, 0.25) is 0 Å². The van der Waals surface area contributed by atoms with E-state index in [2.05, 4.69) is 6.58 Å². The number of hydrogen-bond donors (Lipinski definition) is 0. The molecule has 0 unspecified atom stereocenters. The minimum atomic E-state index is -2.80. The summed E-state index contributed by atoms with van der Waals surface area (Å²) in [5.41, 5.74) is 0.849. The number of halogens is 2. The van der Waals surface area contributed by atoms with Gasteiger partial charge in [0.15, 0.2) is 6.61 Å². The molecule has 0 atom stereocenters. The molecule has 14 heavy (non-hydrogen) atoms. The molecule has 0 bridgehead atoms. The first-order valence-electron chi connectivity index (χ1n) is 4.24. The highest BCUT2D eigenvalue weighted by atomic mass is 19.3. The van der Waals surface area contributed by atoms with Crippen LogP contribution in [0.4, 0.5) is 8.78 Å². The number of hydrogen-bond acceptors (Lipinski definition) is 1.